The first-order chi connectivity index (χ1) is 10.0. The molecule has 0 spiro atoms. The van der Waals surface area contributed by atoms with Crippen molar-refractivity contribution in [1.82, 2.24) is 15.0 Å². The predicted octanol–water partition coefficient (Wildman–Crippen LogP) is 2.10. The minimum absolute atomic E-state index is 0.147. The van der Waals surface area contributed by atoms with E-state index >= 15 is 0 Å². The van der Waals surface area contributed by atoms with Crippen molar-refractivity contribution in [3.8, 4) is 0 Å². The van der Waals surface area contributed by atoms with Gasteiger partial charge in [-0.25, -0.2) is 9.78 Å². The molecular weight excluding hydrogens is 290 g/mol. The lowest BCUT2D eigenvalue weighted by Crippen LogP contribution is -2.10. The monoisotopic (exact) mass is 303 g/mol. The molecule has 0 saturated heterocycles. The first-order valence-electron chi connectivity index (χ1n) is 6.43. The fourth-order valence-electron chi connectivity index (χ4n) is 2.30. The highest BCUT2D eigenvalue weighted by Gasteiger charge is 2.11. The predicted molar refractivity (Wildman–Crippen MR) is 80.1 cm³/mol. The number of H-pyrrole nitrogens is 2. The van der Waals surface area contributed by atoms with E-state index in [1.807, 2.05) is 6.07 Å². The molecule has 6 nitrogen and oxygen atoms in total. The summed E-state index contributed by atoms with van der Waals surface area (Å²) in [4.78, 5) is 34.1. The van der Waals surface area contributed by atoms with E-state index in [1.165, 1.54) is 11.3 Å². The van der Waals surface area contributed by atoms with Crippen molar-refractivity contribution < 1.29 is 9.90 Å². The second-order valence-electron chi connectivity index (χ2n) is 4.76. The van der Waals surface area contributed by atoms with Gasteiger partial charge in [-0.05, 0) is 37.5 Å². The van der Waals surface area contributed by atoms with E-state index < -0.39 is 5.97 Å². The van der Waals surface area contributed by atoms with Gasteiger partial charge in [0.05, 0.1) is 5.39 Å². The van der Waals surface area contributed by atoms with E-state index in [0.717, 1.165) is 10.4 Å². The molecule has 7 heteroatoms. The van der Waals surface area contributed by atoms with Crippen molar-refractivity contribution >= 4 is 28.3 Å². The fourth-order valence-corrected chi connectivity index (χ4v) is 3.14. The molecule has 3 heterocycles. The van der Waals surface area contributed by atoms with E-state index in [1.54, 1.807) is 19.2 Å². The third kappa shape index (κ3) is 2.59. The summed E-state index contributed by atoms with van der Waals surface area (Å²) in [7, 11) is 0. The molecule has 0 unspecified atom stereocenters. The summed E-state index contributed by atoms with van der Waals surface area (Å²) >= 11 is 1.26. The average Bonchev–Trinajstić information content (AvgIpc) is 3.02. The third-order valence-corrected chi connectivity index (χ3v) is 4.39. The van der Waals surface area contributed by atoms with Crippen LogP contribution < -0.4 is 5.56 Å². The van der Waals surface area contributed by atoms with Crippen molar-refractivity contribution in [2.24, 2.45) is 0 Å². The van der Waals surface area contributed by atoms with Gasteiger partial charge in [-0.3, -0.25) is 4.79 Å². The molecule has 0 fully saturated rings. The molecule has 0 saturated carbocycles. The summed E-state index contributed by atoms with van der Waals surface area (Å²) in [6.07, 6.45) is 3.14. The lowest BCUT2D eigenvalue weighted by atomic mass is 10.1. The second-order valence-corrected chi connectivity index (χ2v) is 5.93. The largest absolute Gasteiger partial charge is 0.477 e. The Morgan fingerprint density at radius 2 is 2.19 bits per heavy atom. The summed E-state index contributed by atoms with van der Waals surface area (Å²) < 4.78 is 0. The van der Waals surface area contributed by atoms with Crippen LogP contribution in [0.1, 0.15) is 25.9 Å². The Morgan fingerprint density at radius 1 is 1.38 bits per heavy atom. The molecule has 0 aromatic carbocycles. The molecule has 0 bridgehead atoms. The molecule has 108 valence electrons. The van der Waals surface area contributed by atoms with Gasteiger partial charge < -0.3 is 15.1 Å². The van der Waals surface area contributed by atoms with E-state index in [9.17, 15) is 9.59 Å². The average molecular weight is 303 g/mol. The molecule has 3 aromatic heterocycles. The van der Waals surface area contributed by atoms with E-state index in [4.69, 9.17) is 5.11 Å². The number of aromatic amines is 2. The van der Waals surface area contributed by atoms with E-state index in [2.05, 4.69) is 15.0 Å². The summed E-state index contributed by atoms with van der Waals surface area (Å²) in [6.45, 7) is 1.74. The minimum atomic E-state index is -0.908. The maximum atomic E-state index is 12.0. The molecule has 3 N–H and O–H groups in total. The lowest BCUT2D eigenvalue weighted by molar-refractivity contribution is 0.0702. The molecule has 0 atom stereocenters. The standard InChI is InChI=1S/C14H13N3O3S/c1-7-16-12-11(13(18)17-7)8(6-15-12)2-3-9-4-5-10(21-9)14(19)20/h4-6H,2-3H2,1H3,(H,19,20)(H2,15,16,17,18). The molecule has 0 radical (unpaired) electrons. The molecule has 0 aliphatic rings. The summed E-state index contributed by atoms with van der Waals surface area (Å²) in [5.74, 6) is -0.334. The number of carbonyl (C=O) groups is 1. The molecule has 0 aliphatic heterocycles. The fraction of sp³-hybridized carbons (Fsp3) is 0.214. The molecule has 3 rings (SSSR count). The Bertz CT molecular complexity index is 875. The second kappa shape index (κ2) is 5.17. The van der Waals surface area contributed by atoms with Gasteiger partial charge in [-0.15, -0.1) is 11.3 Å². The number of hydrogen-bond donors (Lipinski definition) is 3. The summed E-state index contributed by atoms with van der Waals surface area (Å²) in [5, 5.41) is 9.49. The molecule has 21 heavy (non-hydrogen) atoms. The Labute approximate surface area is 123 Å². The lowest BCUT2D eigenvalue weighted by Gasteiger charge is -1.98. The SMILES string of the molecule is Cc1nc2[nH]cc(CCc3ccc(C(=O)O)s3)c2c(=O)[nH]1. The van der Waals surface area contributed by atoms with Crippen LogP contribution in [0.25, 0.3) is 11.0 Å². The summed E-state index contributed by atoms with van der Waals surface area (Å²) in [5.41, 5.74) is 1.33. The number of carboxylic acid groups (broad SMARTS) is 1. The van der Waals surface area contributed by atoms with Gasteiger partial charge in [0.25, 0.3) is 5.56 Å². The number of aryl methyl sites for hydroxylation is 3. The van der Waals surface area contributed by atoms with Crippen LogP contribution >= 0.6 is 11.3 Å². The highest BCUT2D eigenvalue weighted by atomic mass is 32.1. The third-order valence-electron chi connectivity index (χ3n) is 3.26. The smallest absolute Gasteiger partial charge is 0.345 e. The topological polar surface area (TPSA) is 98.8 Å². The van der Waals surface area contributed by atoms with Gasteiger partial charge in [0.2, 0.25) is 0 Å². The minimum Gasteiger partial charge on any atom is -0.477 e. The van der Waals surface area contributed by atoms with Gasteiger partial charge in [-0.2, -0.15) is 0 Å². The number of aromatic nitrogens is 3. The Morgan fingerprint density at radius 3 is 2.90 bits per heavy atom. The van der Waals surface area contributed by atoms with Crippen LogP contribution in [-0.2, 0) is 12.8 Å². The van der Waals surface area contributed by atoms with Gasteiger partial charge >= 0.3 is 5.97 Å². The maximum absolute atomic E-state index is 12.0. The van der Waals surface area contributed by atoms with Crippen LogP contribution in [0.5, 0.6) is 0 Å². The number of thiophene rings is 1. The van der Waals surface area contributed by atoms with Crippen molar-refractivity contribution in [3.63, 3.8) is 0 Å². The first-order valence-corrected chi connectivity index (χ1v) is 7.25. The van der Waals surface area contributed by atoms with Gasteiger partial charge in [-0.1, -0.05) is 0 Å². The zero-order valence-electron chi connectivity index (χ0n) is 11.3. The first kappa shape index (κ1) is 13.6. The zero-order valence-corrected chi connectivity index (χ0v) is 12.1. The highest BCUT2D eigenvalue weighted by Crippen LogP contribution is 2.20. The van der Waals surface area contributed by atoms with Crippen LogP contribution in [0.4, 0.5) is 0 Å². The van der Waals surface area contributed by atoms with Crippen molar-refractivity contribution in [1.29, 1.82) is 0 Å². The Hall–Kier alpha value is -2.41. The number of hydrogen-bond acceptors (Lipinski definition) is 4. The molecule has 0 aliphatic carbocycles. The number of carboxylic acids is 1. The van der Waals surface area contributed by atoms with E-state index in [-0.39, 0.29) is 5.56 Å². The van der Waals surface area contributed by atoms with Gasteiger partial charge in [0.15, 0.2) is 0 Å². The zero-order chi connectivity index (χ0) is 15.0. The van der Waals surface area contributed by atoms with Gasteiger partial charge in [0, 0.05) is 11.1 Å². The Kier molecular flexibility index (Phi) is 3.34. The van der Waals surface area contributed by atoms with Crippen LogP contribution in [0.15, 0.2) is 23.1 Å². The van der Waals surface area contributed by atoms with Crippen molar-refractivity contribution in [2.75, 3.05) is 0 Å². The molecule has 0 amide bonds. The highest BCUT2D eigenvalue weighted by molar-refractivity contribution is 7.13. The van der Waals surface area contributed by atoms with Crippen LogP contribution in [0.2, 0.25) is 0 Å². The number of fused-ring (bicyclic) bond motifs is 1. The van der Waals surface area contributed by atoms with Crippen LogP contribution in [0, 0.1) is 6.92 Å². The Balaban J connectivity index is 1.85. The van der Waals surface area contributed by atoms with E-state index in [0.29, 0.717) is 34.6 Å². The number of nitrogens with one attached hydrogen (secondary N) is 2. The van der Waals surface area contributed by atoms with Crippen molar-refractivity contribution in [2.45, 2.75) is 19.8 Å². The van der Waals surface area contributed by atoms with Crippen molar-refractivity contribution in [3.05, 3.63) is 49.8 Å². The number of nitrogens with zero attached hydrogens (tertiary/aromatic N) is 1. The quantitative estimate of drug-likeness (QED) is 0.687. The normalized spacial score (nSPS) is 11.1. The molecule has 3 aromatic rings. The van der Waals surface area contributed by atoms with Crippen LogP contribution in [-0.4, -0.2) is 26.0 Å². The molecular formula is C14H13N3O3S. The summed E-state index contributed by atoms with van der Waals surface area (Å²) in [6, 6.07) is 3.42. The number of aromatic carboxylic acids is 1. The van der Waals surface area contributed by atoms with Crippen LogP contribution in [0.3, 0.4) is 0 Å². The number of rotatable bonds is 4. The maximum Gasteiger partial charge on any atom is 0.345 e. The van der Waals surface area contributed by atoms with Gasteiger partial charge in [0.1, 0.15) is 16.3 Å².